The first-order valence-corrected chi connectivity index (χ1v) is 15.5. The Morgan fingerprint density at radius 3 is 2.02 bits per heavy atom. The van der Waals surface area contributed by atoms with E-state index in [4.69, 9.17) is 0 Å². The summed E-state index contributed by atoms with van der Waals surface area (Å²) in [5.41, 5.74) is 2.91. The minimum Gasteiger partial charge on any atom is -0.352 e. The van der Waals surface area contributed by atoms with Gasteiger partial charge in [-0.05, 0) is 75.6 Å². The van der Waals surface area contributed by atoms with Gasteiger partial charge in [-0.15, -0.1) is 0 Å². The number of nitrogens with one attached hydrogen (secondary N) is 1. The van der Waals surface area contributed by atoms with E-state index >= 15 is 0 Å². The van der Waals surface area contributed by atoms with Crippen LogP contribution in [0.25, 0.3) is 0 Å². The predicted octanol–water partition coefficient (Wildman–Crippen LogP) is 5.50. The smallest absolute Gasteiger partial charge is 0.264 e. The first-order valence-electron chi connectivity index (χ1n) is 14.0. The summed E-state index contributed by atoms with van der Waals surface area (Å²) in [6, 6.07) is 18.2. The van der Waals surface area contributed by atoms with Crippen LogP contribution in [0.15, 0.2) is 77.7 Å². The van der Waals surface area contributed by atoms with E-state index in [1.165, 1.54) is 29.2 Å². The lowest BCUT2D eigenvalue weighted by molar-refractivity contribution is -0.139. The van der Waals surface area contributed by atoms with Crippen LogP contribution in [0.3, 0.4) is 0 Å². The van der Waals surface area contributed by atoms with Crippen molar-refractivity contribution in [2.45, 2.75) is 76.4 Å². The quantitative estimate of drug-likeness (QED) is 0.344. The number of anilines is 1. The molecule has 0 saturated heterocycles. The molecular weight excluding hydrogens is 541 g/mol. The molecule has 2 amide bonds. The summed E-state index contributed by atoms with van der Waals surface area (Å²) in [5, 5.41) is 3.10. The monoisotopic (exact) mass is 579 g/mol. The summed E-state index contributed by atoms with van der Waals surface area (Å²) in [5.74, 6) is -1.34. The van der Waals surface area contributed by atoms with E-state index in [9.17, 15) is 22.4 Å². The fourth-order valence-electron chi connectivity index (χ4n) is 5.02. The Morgan fingerprint density at radius 1 is 0.878 bits per heavy atom. The van der Waals surface area contributed by atoms with Gasteiger partial charge in [0, 0.05) is 12.6 Å². The third kappa shape index (κ3) is 7.73. The average Bonchev–Trinajstić information content (AvgIpc) is 2.96. The van der Waals surface area contributed by atoms with Gasteiger partial charge in [-0.2, -0.15) is 0 Å². The number of nitrogens with zero attached hydrogens (tertiary/aromatic N) is 2. The van der Waals surface area contributed by atoms with Crippen molar-refractivity contribution >= 4 is 27.5 Å². The molecule has 0 spiro atoms. The van der Waals surface area contributed by atoms with Crippen molar-refractivity contribution in [1.29, 1.82) is 0 Å². The summed E-state index contributed by atoms with van der Waals surface area (Å²) in [4.78, 5) is 28.8. The van der Waals surface area contributed by atoms with Crippen molar-refractivity contribution in [1.82, 2.24) is 10.2 Å². The van der Waals surface area contributed by atoms with Crippen LogP contribution in [0.2, 0.25) is 0 Å². The molecule has 1 saturated carbocycles. The highest BCUT2D eigenvalue weighted by molar-refractivity contribution is 7.92. The molecule has 41 heavy (non-hydrogen) atoms. The number of sulfonamides is 1. The summed E-state index contributed by atoms with van der Waals surface area (Å²) in [7, 11) is -4.20. The standard InChI is InChI=1S/C32H38FN3O4S/c1-23-9-13-26(14-10-23)21-35(25(3)32(38)34-28-7-5-4-6-8-28)31(37)22-36(29-17-15-27(33)16-18-29)41(39,40)30-19-11-24(2)12-20-30/h9-20,25,28H,4-8,21-22H2,1-3H3,(H,34,38)/t25-/m0/s1. The maximum atomic E-state index is 14.0. The Hall–Kier alpha value is -3.72. The predicted molar refractivity (Wildman–Crippen MR) is 158 cm³/mol. The number of carbonyl (C=O) groups excluding carboxylic acids is 2. The maximum Gasteiger partial charge on any atom is 0.264 e. The van der Waals surface area contributed by atoms with Gasteiger partial charge in [-0.25, -0.2) is 12.8 Å². The number of amides is 2. The molecule has 9 heteroatoms. The van der Waals surface area contributed by atoms with Crippen molar-refractivity contribution < 1.29 is 22.4 Å². The lowest BCUT2D eigenvalue weighted by Gasteiger charge is -2.33. The molecule has 0 unspecified atom stereocenters. The van der Waals surface area contributed by atoms with Gasteiger partial charge in [0.1, 0.15) is 18.4 Å². The van der Waals surface area contributed by atoms with Gasteiger partial charge >= 0.3 is 0 Å². The Bertz CT molecular complexity index is 1440. The molecule has 0 aliphatic heterocycles. The van der Waals surface area contributed by atoms with E-state index in [0.717, 1.165) is 65.2 Å². The molecule has 7 nitrogen and oxygen atoms in total. The molecule has 1 N–H and O–H groups in total. The van der Waals surface area contributed by atoms with E-state index in [1.807, 2.05) is 38.1 Å². The van der Waals surface area contributed by atoms with Gasteiger partial charge in [0.15, 0.2) is 0 Å². The molecule has 0 aromatic heterocycles. The number of hydrogen-bond acceptors (Lipinski definition) is 4. The Balaban J connectivity index is 1.66. The third-order valence-corrected chi connectivity index (χ3v) is 9.38. The fourth-order valence-corrected chi connectivity index (χ4v) is 6.43. The number of rotatable bonds is 10. The van der Waals surface area contributed by atoms with Gasteiger partial charge in [0.2, 0.25) is 11.8 Å². The minimum atomic E-state index is -4.20. The molecule has 0 radical (unpaired) electrons. The van der Waals surface area contributed by atoms with Gasteiger partial charge in [0.05, 0.1) is 10.6 Å². The molecule has 1 aliphatic carbocycles. The normalized spacial score (nSPS) is 14.7. The highest BCUT2D eigenvalue weighted by Crippen LogP contribution is 2.25. The van der Waals surface area contributed by atoms with Gasteiger partial charge in [-0.3, -0.25) is 13.9 Å². The summed E-state index contributed by atoms with van der Waals surface area (Å²) >= 11 is 0. The van der Waals surface area contributed by atoms with E-state index in [-0.39, 0.29) is 29.1 Å². The molecular formula is C32H38FN3O4S. The molecule has 1 aliphatic rings. The molecule has 0 heterocycles. The van der Waals surface area contributed by atoms with Crippen LogP contribution in [0.5, 0.6) is 0 Å². The van der Waals surface area contributed by atoms with Crippen LogP contribution in [0.1, 0.15) is 55.7 Å². The molecule has 4 rings (SSSR count). The van der Waals surface area contributed by atoms with Crippen molar-refractivity contribution in [3.05, 3.63) is 95.3 Å². The zero-order valence-electron chi connectivity index (χ0n) is 23.8. The maximum absolute atomic E-state index is 14.0. The Kier molecular flexibility index (Phi) is 9.81. The highest BCUT2D eigenvalue weighted by atomic mass is 32.2. The second-order valence-corrected chi connectivity index (χ2v) is 12.7. The number of carbonyl (C=O) groups is 2. The first kappa shape index (κ1) is 30.2. The summed E-state index contributed by atoms with van der Waals surface area (Å²) in [6.07, 6.45) is 5.05. The SMILES string of the molecule is Cc1ccc(CN(C(=O)CN(c2ccc(F)cc2)S(=O)(=O)c2ccc(C)cc2)[C@@H](C)C(=O)NC2CCCCC2)cc1. The number of hydrogen-bond donors (Lipinski definition) is 1. The van der Waals surface area contributed by atoms with Crippen LogP contribution >= 0.6 is 0 Å². The topological polar surface area (TPSA) is 86.8 Å². The lowest BCUT2D eigenvalue weighted by Crippen LogP contribution is -2.53. The van der Waals surface area contributed by atoms with E-state index in [2.05, 4.69) is 5.32 Å². The van der Waals surface area contributed by atoms with Crippen molar-refractivity contribution in [3.8, 4) is 0 Å². The molecule has 0 bridgehead atoms. The fraction of sp³-hybridized carbons (Fsp3) is 0.375. The van der Waals surface area contributed by atoms with E-state index in [0.29, 0.717) is 0 Å². The first-order chi connectivity index (χ1) is 19.5. The Labute approximate surface area is 242 Å². The van der Waals surface area contributed by atoms with Crippen LogP contribution in [-0.2, 0) is 26.2 Å². The van der Waals surface area contributed by atoms with Crippen molar-refractivity contribution in [2.75, 3.05) is 10.8 Å². The van der Waals surface area contributed by atoms with E-state index < -0.39 is 34.3 Å². The molecule has 3 aromatic rings. The zero-order chi connectivity index (χ0) is 29.6. The van der Waals surface area contributed by atoms with E-state index in [1.54, 1.807) is 19.1 Å². The van der Waals surface area contributed by atoms with Crippen LogP contribution < -0.4 is 9.62 Å². The second kappa shape index (κ2) is 13.3. The van der Waals surface area contributed by atoms with Crippen molar-refractivity contribution in [2.24, 2.45) is 0 Å². The van der Waals surface area contributed by atoms with Gasteiger partial charge in [-0.1, -0.05) is 66.8 Å². The average molecular weight is 580 g/mol. The van der Waals surface area contributed by atoms with Crippen LogP contribution in [-0.4, -0.2) is 43.8 Å². The second-order valence-electron chi connectivity index (χ2n) is 10.8. The number of benzene rings is 3. The lowest BCUT2D eigenvalue weighted by atomic mass is 9.95. The molecule has 3 aromatic carbocycles. The number of aryl methyl sites for hydroxylation is 2. The van der Waals surface area contributed by atoms with Gasteiger partial charge in [0.25, 0.3) is 10.0 Å². The highest BCUT2D eigenvalue weighted by Gasteiger charge is 2.33. The van der Waals surface area contributed by atoms with Crippen molar-refractivity contribution in [3.63, 3.8) is 0 Å². The van der Waals surface area contributed by atoms with Crippen LogP contribution in [0, 0.1) is 19.7 Å². The zero-order valence-corrected chi connectivity index (χ0v) is 24.7. The van der Waals surface area contributed by atoms with Crippen LogP contribution in [0.4, 0.5) is 10.1 Å². The molecule has 218 valence electrons. The largest absolute Gasteiger partial charge is 0.352 e. The minimum absolute atomic E-state index is 0.00778. The summed E-state index contributed by atoms with van der Waals surface area (Å²) in [6.45, 7) is 5.04. The third-order valence-electron chi connectivity index (χ3n) is 7.59. The van der Waals surface area contributed by atoms with Gasteiger partial charge < -0.3 is 10.2 Å². The Morgan fingerprint density at radius 2 is 1.44 bits per heavy atom. The molecule has 1 atom stereocenters. The molecule has 1 fully saturated rings. The number of halogens is 1. The summed E-state index contributed by atoms with van der Waals surface area (Å²) < 4.78 is 42.4.